The molecule has 15 heavy (non-hydrogen) atoms. The van der Waals surface area contributed by atoms with E-state index in [1.165, 1.54) is 25.3 Å². The molecule has 0 aliphatic carbocycles. The van der Waals surface area contributed by atoms with E-state index in [2.05, 4.69) is 0 Å². The van der Waals surface area contributed by atoms with E-state index >= 15 is 0 Å². The van der Waals surface area contributed by atoms with E-state index in [1.54, 1.807) is 0 Å². The maximum Gasteiger partial charge on any atom is 0.337 e. The molecule has 1 rings (SSSR count). The molecule has 0 aromatic heterocycles. The Labute approximate surface area is 86.1 Å². The number of benzene rings is 1. The number of carboxylic acid groups (broad SMARTS) is 1. The van der Waals surface area contributed by atoms with Crippen LogP contribution in [0.3, 0.4) is 0 Å². The van der Waals surface area contributed by atoms with Crippen molar-refractivity contribution in [2.45, 2.75) is 6.10 Å². The minimum atomic E-state index is -1.65. The molecule has 0 radical (unpaired) electrons. The van der Waals surface area contributed by atoms with Crippen LogP contribution in [0.1, 0.15) is 17.2 Å². The van der Waals surface area contributed by atoms with Crippen LogP contribution in [0.25, 0.3) is 0 Å². The van der Waals surface area contributed by atoms with Crippen LogP contribution in [-0.2, 0) is 4.79 Å². The van der Waals surface area contributed by atoms with Crippen LogP contribution in [0.4, 0.5) is 0 Å². The highest BCUT2D eigenvalue weighted by molar-refractivity contribution is 5.75. The molecule has 2 N–H and O–H groups in total. The van der Waals surface area contributed by atoms with E-state index in [4.69, 9.17) is 15.1 Å². The molecule has 0 heterocycles. The second-order valence-corrected chi connectivity index (χ2v) is 2.81. The summed E-state index contributed by atoms with van der Waals surface area (Å²) in [6.07, 6.45) is -1.65. The average molecular weight is 207 g/mol. The van der Waals surface area contributed by atoms with Gasteiger partial charge in [-0.3, -0.25) is 0 Å². The first-order valence-corrected chi connectivity index (χ1v) is 4.09. The molecule has 0 saturated carbocycles. The number of rotatable bonds is 3. The van der Waals surface area contributed by atoms with Crippen molar-refractivity contribution in [3.8, 4) is 11.8 Å². The quantitative estimate of drug-likeness (QED) is 0.760. The Bertz CT molecular complexity index is 422. The van der Waals surface area contributed by atoms with Gasteiger partial charge in [-0.25, -0.2) is 4.79 Å². The number of nitrogens with zero attached hydrogens (tertiary/aromatic N) is 1. The third kappa shape index (κ3) is 2.24. The van der Waals surface area contributed by atoms with Crippen LogP contribution in [0.15, 0.2) is 18.2 Å². The van der Waals surface area contributed by atoms with Gasteiger partial charge in [-0.15, -0.1) is 0 Å². The average Bonchev–Trinajstić information content (AvgIpc) is 2.27. The highest BCUT2D eigenvalue weighted by Crippen LogP contribution is 2.26. The lowest BCUT2D eigenvalue weighted by Gasteiger charge is -2.11. The number of carbonyl (C=O) groups is 1. The van der Waals surface area contributed by atoms with E-state index in [9.17, 15) is 9.90 Å². The molecule has 1 unspecified atom stereocenters. The summed E-state index contributed by atoms with van der Waals surface area (Å²) in [7, 11) is 1.34. The molecular formula is C10H9NO4. The largest absolute Gasteiger partial charge is 0.496 e. The lowest BCUT2D eigenvalue weighted by molar-refractivity contribution is -0.147. The normalized spacial score (nSPS) is 11.5. The molecule has 0 spiro atoms. The monoisotopic (exact) mass is 207 g/mol. The van der Waals surface area contributed by atoms with Gasteiger partial charge in [0.1, 0.15) is 5.75 Å². The summed E-state index contributed by atoms with van der Waals surface area (Å²) in [5.74, 6) is -1.18. The number of hydrogen-bond acceptors (Lipinski definition) is 4. The third-order valence-corrected chi connectivity index (χ3v) is 1.89. The molecular weight excluding hydrogens is 198 g/mol. The highest BCUT2D eigenvalue weighted by atomic mass is 16.5. The Balaban J connectivity index is 3.20. The molecule has 78 valence electrons. The van der Waals surface area contributed by atoms with Crippen LogP contribution < -0.4 is 4.74 Å². The SMILES string of the molecule is COc1cc(C#N)ccc1C(O)C(=O)O. The Morgan fingerprint density at radius 2 is 2.27 bits per heavy atom. The van der Waals surface area contributed by atoms with Crippen molar-refractivity contribution in [3.63, 3.8) is 0 Å². The van der Waals surface area contributed by atoms with Gasteiger partial charge in [-0.05, 0) is 12.1 Å². The van der Waals surface area contributed by atoms with Gasteiger partial charge >= 0.3 is 5.97 Å². The van der Waals surface area contributed by atoms with Crippen LogP contribution >= 0.6 is 0 Å². The summed E-state index contributed by atoms with van der Waals surface area (Å²) in [5.41, 5.74) is 0.470. The zero-order valence-electron chi connectivity index (χ0n) is 7.97. The number of hydrogen-bond donors (Lipinski definition) is 2. The molecule has 0 bridgehead atoms. The fourth-order valence-electron chi connectivity index (χ4n) is 1.14. The zero-order valence-corrected chi connectivity index (χ0v) is 7.97. The first-order valence-electron chi connectivity index (χ1n) is 4.09. The molecule has 1 aromatic rings. The summed E-state index contributed by atoms with van der Waals surface area (Å²) >= 11 is 0. The Morgan fingerprint density at radius 1 is 1.60 bits per heavy atom. The summed E-state index contributed by atoms with van der Waals surface area (Å²) in [6.45, 7) is 0. The van der Waals surface area contributed by atoms with Crippen molar-refractivity contribution in [2.24, 2.45) is 0 Å². The van der Waals surface area contributed by atoms with Gasteiger partial charge < -0.3 is 14.9 Å². The third-order valence-electron chi connectivity index (χ3n) is 1.89. The van der Waals surface area contributed by atoms with Crippen LogP contribution in [0.5, 0.6) is 5.75 Å². The zero-order chi connectivity index (χ0) is 11.4. The van der Waals surface area contributed by atoms with Crippen LogP contribution in [0, 0.1) is 11.3 Å². The van der Waals surface area contributed by atoms with Crippen molar-refractivity contribution in [1.82, 2.24) is 0 Å². The maximum absolute atomic E-state index is 10.6. The van der Waals surface area contributed by atoms with Gasteiger partial charge in [-0.1, -0.05) is 6.07 Å². The fraction of sp³-hybridized carbons (Fsp3) is 0.200. The maximum atomic E-state index is 10.6. The first-order chi connectivity index (χ1) is 7.10. The van der Waals surface area contributed by atoms with Gasteiger partial charge in [-0.2, -0.15) is 5.26 Å². The molecule has 5 nitrogen and oxygen atoms in total. The minimum Gasteiger partial charge on any atom is -0.496 e. The predicted molar refractivity (Wildman–Crippen MR) is 50.3 cm³/mol. The van der Waals surface area contributed by atoms with Crippen LogP contribution in [0.2, 0.25) is 0 Å². The van der Waals surface area contributed by atoms with E-state index in [0.29, 0.717) is 5.56 Å². The number of nitriles is 1. The molecule has 1 aromatic carbocycles. The van der Waals surface area contributed by atoms with E-state index in [-0.39, 0.29) is 11.3 Å². The van der Waals surface area contributed by atoms with Gasteiger partial charge in [0.05, 0.1) is 18.7 Å². The number of carboxylic acids is 1. The fourth-order valence-corrected chi connectivity index (χ4v) is 1.14. The Morgan fingerprint density at radius 3 is 2.73 bits per heavy atom. The number of ether oxygens (including phenoxy) is 1. The second-order valence-electron chi connectivity index (χ2n) is 2.81. The van der Waals surface area contributed by atoms with Crippen molar-refractivity contribution < 1.29 is 19.7 Å². The molecule has 0 amide bonds. The molecule has 0 aliphatic rings. The Hall–Kier alpha value is -2.06. The van der Waals surface area contributed by atoms with E-state index in [0.717, 1.165) is 0 Å². The van der Waals surface area contributed by atoms with Gasteiger partial charge in [0.25, 0.3) is 0 Å². The summed E-state index contributed by atoms with van der Waals surface area (Å²) in [5, 5.41) is 26.5. The van der Waals surface area contributed by atoms with Crippen molar-refractivity contribution in [2.75, 3.05) is 7.11 Å². The standard InChI is InChI=1S/C10H9NO4/c1-15-8-4-6(5-11)2-3-7(8)9(12)10(13)14/h2-4,9,12H,1H3,(H,13,14). The lowest BCUT2D eigenvalue weighted by atomic mass is 10.1. The topological polar surface area (TPSA) is 90.5 Å². The number of aliphatic hydroxyl groups is 1. The van der Waals surface area contributed by atoms with Gasteiger partial charge in [0.15, 0.2) is 6.10 Å². The summed E-state index contributed by atoms with van der Waals surface area (Å²) in [4.78, 5) is 10.6. The Kier molecular flexibility index (Phi) is 3.26. The highest BCUT2D eigenvalue weighted by Gasteiger charge is 2.20. The summed E-state index contributed by atoms with van der Waals surface area (Å²) < 4.78 is 4.88. The molecule has 0 saturated heterocycles. The predicted octanol–water partition coefficient (Wildman–Crippen LogP) is 0.685. The number of aliphatic carboxylic acids is 1. The van der Waals surface area contributed by atoms with Gasteiger partial charge in [0, 0.05) is 5.56 Å². The molecule has 0 fully saturated rings. The second kappa shape index (κ2) is 4.44. The number of methoxy groups -OCH3 is 1. The van der Waals surface area contributed by atoms with E-state index in [1.807, 2.05) is 6.07 Å². The van der Waals surface area contributed by atoms with Gasteiger partial charge in [0.2, 0.25) is 0 Å². The molecule has 0 aliphatic heterocycles. The molecule has 1 atom stereocenters. The number of aliphatic hydroxyl groups excluding tert-OH is 1. The first kappa shape index (κ1) is 11.0. The van der Waals surface area contributed by atoms with Crippen LogP contribution in [-0.4, -0.2) is 23.3 Å². The lowest BCUT2D eigenvalue weighted by Crippen LogP contribution is -2.11. The minimum absolute atomic E-state index is 0.129. The van der Waals surface area contributed by atoms with Crippen molar-refractivity contribution in [3.05, 3.63) is 29.3 Å². The smallest absolute Gasteiger partial charge is 0.337 e. The summed E-state index contributed by atoms with van der Waals surface area (Å²) in [6, 6.07) is 6.04. The van der Waals surface area contributed by atoms with Crippen molar-refractivity contribution >= 4 is 5.97 Å². The van der Waals surface area contributed by atoms with E-state index < -0.39 is 12.1 Å². The molecule has 5 heteroatoms. The van der Waals surface area contributed by atoms with Crippen molar-refractivity contribution in [1.29, 1.82) is 5.26 Å².